The van der Waals surface area contributed by atoms with Crippen LogP contribution in [0, 0.1) is 6.92 Å². The molecule has 124 valence electrons. The van der Waals surface area contributed by atoms with Gasteiger partial charge in [0.25, 0.3) is 0 Å². The number of thioether (sulfide) groups is 1. The maximum atomic E-state index is 12.2. The van der Waals surface area contributed by atoms with E-state index in [2.05, 4.69) is 4.72 Å². The van der Waals surface area contributed by atoms with Gasteiger partial charge >= 0.3 is 0 Å². The zero-order chi connectivity index (χ0) is 16.9. The normalized spacial score (nSPS) is 11.6. The lowest BCUT2D eigenvalue weighted by Crippen LogP contribution is -2.23. The van der Waals surface area contributed by atoms with Crippen LogP contribution in [0.4, 0.5) is 0 Å². The maximum absolute atomic E-state index is 12.2. The molecule has 0 spiro atoms. The Hall–Kier alpha value is -1.15. The Labute approximate surface area is 145 Å². The van der Waals surface area contributed by atoms with Crippen molar-refractivity contribution >= 4 is 38.9 Å². The number of rotatable bonds is 8. The molecule has 0 radical (unpaired) electrons. The van der Waals surface area contributed by atoms with Gasteiger partial charge in [-0.2, -0.15) is 0 Å². The lowest BCUT2D eigenvalue weighted by molar-refractivity contribution is 0.102. The van der Waals surface area contributed by atoms with Crippen LogP contribution in [0.3, 0.4) is 0 Å². The van der Waals surface area contributed by atoms with Crippen LogP contribution in [-0.2, 0) is 16.4 Å². The third kappa shape index (κ3) is 6.47. The number of aryl methyl sites for hydroxylation is 1. The molecule has 0 saturated heterocycles. The number of carbonyl (C=O) groups excluding carboxylic acids is 1. The van der Waals surface area contributed by atoms with Gasteiger partial charge in [-0.25, -0.2) is 13.1 Å². The Bertz CT molecular complexity index is 764. The van der Waals surface area contributed by atoms with E-state index >= 15 is 0 Å². The molecule has 0 bridgehead atoms. The van der Waals surface area contributed by atoms with E-state index in [4.69, 9.17) is 0 Å². The summed E-state index contributed by atoms with van der Waals surface area (Å²) in [5.74, 6) is 0.507. The molecule has 0 aliphatic heterocycles. The van der Waals surface area contributed by atoms with Crippen LogP contribution in [0.2, 0.25) is 0 Å². The summed E-state index contributed by atoms with van der Waals surface area (Å²) >= 11 is 2.96. The first-order valence-electron chi connectivity index (χ1n) is 7.09. The van der Waals surface area contributed by atoms with Gasteiger partial charge in [-0.3, -0.25) is 4.79 Å². The van der Waals surface area contributed by atoms with E-state index in [-0.39, 0.29) is 5.78 Å². The average Bonchev–Trinajstić information content (AvgIpc) is 2.94. The summed E-state index contributed by atoms with van der Waals surface area (Å²) in [5.41, 5.74) is 1.20. The second-order valence-electron chi connectivity index (χ2n) is 5.21. The molecule has 0 aliphatic carbocycles. The van der Waals surface area contributed by atoms with Crippen molar-refractivity contribution < 1.29 is 13.2 Å². The first-order chi connectivity index (χ1) is 10.8. The highest BCUT2D eigenvalue weighted by Gasteiger charge is 2.10. The van der Waals surface area contributed by atoms with Gasteiger partial charge in [0, 0.05) is 16.3 Å². The van der Waals surface area contributed by atoms with E-state index in [0.29, 0.717) is 18.7 Å². The van der Waals surface area contributed by atoms with Crippen LogP contribution in [0.15, 0.2) is 41.3 Å². The van der Waals surface area contributed by atoms with Crippen molar-refractivity contribution in [3.63, 3.8) is 0 Å². The minimum atomic E-state index is -3.16. The molecule has 1 N–H and O–H groups in total. The molecule has 2 rings (SSSR count). The van der Waals surface area contributed by atoms with Crippen LogP contribution >= 0.6 is 23.1 Å². The lowest BCUT2D eigenvalue weighted by Gasteiger charge is -2.01. The van der Waals surface area contributed by atoms with Gasteiger partial charge < -0.3 is 0 Å². The highest BCUT2D eigenvalue weighted by atomic mass is 32.2. The van der Waals surface area contributed by atoms with Gasteiger partial charge in [0.05, 0.1) is 16.9 Å². The Morgan fingerprint density at radius 1 is 1.17 bits per heavy atom. The second kappa shape index (κ2) is 8.10. The highest BCUT2D eigenvalue weighted by molar-refractivity contribution is 8.00. The monoisotopic (exact) mass is 369 g/mol. The number of hydrogen-bond acceptors (Lipinski definition) is 5. The molecular formula is C16H19NO3S3. The van der Waals surface area contributed by atoms with Crippen LogP contribution < -0.4 is 4.72 Å². The fourth-order valence-electron chi connectivity index (χ4n) is 1.88. The molecule has 0 fully saturated rings. The van der Waals surface area contributed by atoms with E-state index in [0.717, 1.165) is 20.9 Å². The molecule has 23 heavy (non-hydrogen) atoms. The molecule has 7 heteroatoms. The van der Waals surface area contributed by atoms with E-state index < -0.39 is 10.0 Å². The Balaban J connectivity index is 1.84. The SMILES string of the molecule is Cc1ccc(SCC(=O)c2ccc(CCNS(C)(=O)=O)s2)cc1. The standard InChI is InChI=1S/C16H19NO3S3/c1-12-3-5-13(6-4-12)21-11-15(18)16-8-7-14(22-16)9-10-17-23(2,19)20/h3-8,17H,9-11H2,1-2H3. The lowest BCUT2D eigenvalue weighted by atomic mass is 10.2. The number of hydrogen-bond donors (Lipinski definition) is 1. The number of ketones is 1. The Kier molecular flexibility index (Phi) is 6.41. The number of thiophene rings is 1. The summed E-state index contributed by atoms with van der Waals surface area (Å²) in [6, 6.07) is 11.8. The van der Waals surface area contributed by atoms with Crippen molar-refractivity contribution in [2.45, 2.75) is 18.2 Å². The molecule has 0 saturated carbocycles. The fourth-order valence-corrected chi connectivity index (χ4v) is 4.17. The van der Waals surface area contributed by atoms with Gasteiger partial charge in [-0.15, -0.1) is 23.1 Å². The zero-order valence-corrected chi connectivity index (χ0v) is 15.5. The molecule has 0 amide bonds. The summed E-state index contributed by atoms with van der Waals surface area (Å²) in [4.78, 5) is 15.0. The van der Waals surface area contributed by atoms with Crippen molar-refractivity contribution in [2.24, 2.45) is 0 Å². The third-order valence-electron chi connectivity index (χ3n) is 3.06. The molecule has 4 nitrogen and oxygen atoms in total. The van der Waals surface area contributed by atoms with Crippen molar-refractivity contribution in [1.29, 1.82) is 0 Å². The van der Waals surface area contributed by atoms with Crippen molar-refractivity contribution in [3.05, 3.63) is 51.7 Å². The topological polar surface area (TPSA) is 63.2 Å². The summed E-state index contributed by atoms with van der Waals surface area (Å²) in [7, 11) is -3.16. The molecule has 1 heterocycles. The first kappa shape index (κ1) is 18.2. The highest BCUT2D eigenvalue weighted by Crippen LogP contribution is 2.23. The van der Waals surface area contributed by atoms with E-state index in [1.165, 1.54) is 28.7 Å². The molecule has 0 aliphatic rings. The van der Waals surface area contributed by atoms with Gasteiger partial charge in [0.15, 0.2) is 5.78 Å². The van der Waals surface area contributed by atoms with Crippen molar-refractivity contribution in [1.82, 2.24) is 4.72 Å². The first-order valence-corrected chi connectivity index (χ1v) is 10.8. The van der Waals surface area contributed by atoms with E-state index in [1.807, 2.05) is 43.3 Å². The van der Waals surface area contributed by atoms with Crippen LogP contribution in [0.25, 0.3) is 0 Å². The smallest absolute Gasteiger partial charge is 0.208 e. The average molecular weight is 370 g/mol. The number of Topliss-reactive ketones (excluding diaryl/α,β-unsaturated/α-hetero) is 1. The summed E-state index contributed by atoms with van der Waals surface area (Å²) in [5, 5.41) is 0. The fraction of sp³-hybridized carbons (Fsp3) is 0.312. The Morgan fingerprint density at radius 3 is 2.52 bits per heavy atom. The molecular weight excluding hydrogens is 350 g/mol. The molecule has 1 aromatic carbocycles. The van der Waals surface area contributed by atoms with E-state index in [9.17, 15) is 13.2 Å². The second-order valence-corrected chi connectivity index (χ2v) is 9.26. The third-order valence-corrected chi connectivity index (χ3v) is 5.99. The minimum absolute atomic E-state index is 0.0999. The zero-order valence-electron chi connectivity index (χ0n) is 13.0. The van der Waals surface area contributed by atoms with Gasteiger partial charge in [-0.05, 0) is 37.6 Å². The molecule has 0 atom stereocenters. The molecule has 0 unspecified atom stereocenters. The van der Waals surface area contributed by atoms with Crippen LogP contribution in [0.1, 0.15) is 20.1 Å². The minimum Gasteiger partial charge on any atom is -0.292 e. The predicted molar refractivity (Wildman–Crippen MR) is 97.1 cm³/mol. The van der Waals surface area contributed by atoms with Gasteiger partial charge in [0.1, 0.15) is 0 Å². The Morgan fingerprint density at radius 2 is 1.87 bits per heavy atom. The molecule has 2 aromatic rings. The quantitative estimate of drug-likeness (QED) is 0.574. The number of carbonyl (C=O) groups is 1. The van der Waals surface area contributed by atoms with Crippen molar-refractivity contribution in [2.75, 3.05) is 18.6 Å². The van der Waals surface area contributed by atoms with Crippen molar-refractivity contribution in [3.8, 4) is 0 Å². The number of nitrogens with one attached hydrogen (secondary N) is 1. The maximum Gasteiger partial charge on any atom is 0.208 e. The van der Waals surface area contributed by atoms with Gasteiger partial charge in [-0.1, -0.05) is 17.7 Å². The number of benzene rings is 1. The summed E-state index contributed by atoms with van der Waals surface area (Å²) < 4.78 is 24.5. The number of sulfonamides is 1. The van der Waals surface area contributed by atoms with E-state index in [1.54, 1.807) is 0 Å². The van der Waals surface area contributed by atoms with Crippen LogP contribution in [0.5, 0.6) is 0 Å². The van der Waals surface area contributed by atoms with Gasteiger partial charge in [0.2, 0.25) is 10.0 Å². The molecule has 1 aromatic heterocycles. The van der Waals surface area contributed by atoms with Crippen LogP contribution in [-0.4, -0.2) is 32.8 Å². The summed E-state index contributed by atoms with van der Waals surface area (Å²) in [6.45, 7) is 2.39. The summed E-state index contributed by atoms with van der Waals surface area (Å²) in [6.07, 6.45) is 1.73. The largest absolute Gasteiger partial charge is 0.292 e. The predicted octanol–water partition coefficient (Wildman–Crippen LogP) is 3.12.